The quantitative estimate of drug-likeness (QED) is 0.513. The molecule has 2 aromatic carbocycles. The molecule has 3 N–H and O–H groups in total. The molecule has 3 rings (SSSR count). The fraction of sp³-hybridized carbons (Fsp3) is 0.292. The summed E-state index contributed by atoms with van der Waals surface area (Å²) in [4.78, 5) is 19.6. The Kier molecular flexibility index (Phi) is 7.56. The lowest BCUT2D eigenvalue weighted by Gasteiger charge is -2.14. The Hall–Kier alpha value is -3.45. The van der Waals surface area contributed by atoms with Crippen molar-refractivity contribution in [3.05, 3.63) is 71.4 Å². The van der Waals surface area contributed by atoms with E-state index in [9.17, 15) is 4.79 Å². The molecule has 0 saturated carbocycles. The Bertz CT molecular complexity index is 1020. The highest BCUT2D eigenvalue weighted by Gasteiger charge is 2.15. The van der Waals surface area contributed by atoms with Crippen LogP contribution in [-0.4, -0.2) is 33.7 Å². The Morgan fingerprint density at radius 1 is 1.10 bits per heavy atom. The van der Waals surface area contributed by atoms with Crippen LogP contribution in [0.5, 0.6) is 11.9 Å². The van der Waals surface area contributed by atoms with Crippen LogP contribution in [0.1, 0.15) is 30.0 Å². The van der Waals surface area contributed by atoms with Gasteiger partial charge >= 0.3 is 12.0 Å². The molecular weight excluding hydrogens is 394 g/mol. The topological polar surface area (TPSA) is 108 Å². The third-order valence-electron chi connectivity index (χ3n) is 5.01. The summed E-state index contributed by atoms with van der Waals surface area (Å²) in [5, 5.41) is 8.96. The van der Waals surface area contributed by atoms with E-state index in [1.807, 2.05) is 37.3 Å². The molecule has 0 fully saturated rings. The standard InChI is InChI=1S/C24H27N3O4/c1-3-30-22-18(12-13-21(25)23(28)29)14-26-24(27-22)31-15-19-10-7-11-20(16(19)2)17-8-5-4-6-9-17/h4-11,14,21H,3,12-13,15,25H2,1-2H3,(H,28,29)/t21-/m1/s1. The monoisotopic (exact) mass is 421 g/mol. The minimum atomic E-state index is -1.04. The van der Waals surface area contributed by atoms with E-state index in [0.717, 1.165) is 22.3 Å². The van der Waals surface area contributed by atoms with Gasteiger partial charge in [0, 0.05) is 11.8 Å². The smallest absolute Gasteiger partial charge is 0.320 e. The minimum absolute atomic E-state index is 0.208. The molecule has 0 bridgehead atoms. The first-order chi connectivity index (χ1) is 15.0. The lowest BCUT2D eigenvalue weighted by molar-refractivity contribution is -0.138. The van der Waals surface area contributed by atoms with E-state index >= 15 is 0 Å². The lowest BCUT2D eigenvalue weighted by atomic mass is 9.97. The Morgan fingerprint density at radius 3 is 2.58 bits per heavy atom. The lowest BCUT2D eigenvalue weighted by Crippen LogP contribution is -2.30. The van der Waals surface area contributed by atoms with Gasteiger partial charge in [0.25, 0.3) is 0 Å². The molecule has 1 aromatic heterocycles. The van der Waals surface area contributed by atoms with Gasteiger partial charge in [-0.15, -0.1) is 0 Å². The highest BCUT2D eigenvalue weighted by Crippen LogP contribution is 2.26. The second-order valence-corrected chi connectivity index (χ2v) is 7.14. The van der Waals surface area contributed by atoms with Crippen LogP contribution in [-0.2, 0) is 17.8 Å². The second-order valence-electron chi connectivity index (χ2n) is 7.14. The molecule has 1 heterocycles. The Balaban J connectivity index is 1.73. The zero-order valence-corrected chi connectivity index (χ0v) is 17.7. The number of aliphatic carboxylic acids is 1. The number of hydrogen-bond acceptors (Lipinski definition) is 6. The molecule has 0 aliphatic rings. The molecule has 0 aliphatic carbocycles. The summed E-state index contributed by atoms with van der Waals surface area (Å²) < 4.78 is 11.5. The third kappa shape index (κ3) is 5.79. The van der Waals surface area contributed by atoms with Crippen molar-refractivity contribution in [3.63, 3.8) is 0 Å². The van der Waals surface area contributed by atoms with Crippen molar-refractivity contribution in [2.24, 2.45) is 5.73 Å². The highest BCUT2D eigenvalue weighted by molar-refractivity contribution is 5.73. The van der Waals surface area contributed by atoms with Gasteiger partial charge < -0.3 is 20.3 Å². The summed E-state index contributed by atoms with van der Waals surface area (Å²) in [5.74, 6) is -0.646. The summed E-state index contributed by atoms with van der Waals surface area (Å²) in [6, 6.07) is 15.6. The molecule has 31 heavy (non-hydrogen) atoms. The average Bonchev–Trinajstić information content (AvgIpc) is 2.78. The van der Waals surface area contributed by atoms with Crippen molar-refractivity contribution in [2.75, 3.05) is 6.61 Å². The number of carboxylic acid groups (broad SMARTS) is 1. The molecule has 3 aromatic rings. The van der Waals surface area contributed by atoms with Gasteiger partial charge in [-0.1, -0.05) is 48.5 Å². The fourth-order valence-electron chi connectivity index (χ4n) is 3.23. The summed E-state index contributed by atoms with van der Waals surface area (Å²) in [5.41, 5.74) is 10.8. The molecule has 7 heteroatoms. The summed E-state index contributed by atoms with van der Waals surface area (Å²) in [7, 11) is 0. The van der Waals surface area contributed by atoms with Gasteiger partial charge in [0.05, 0.1) is 6.61 Å². The number of hydrogen-bond donors (Lipinski definition) is 2. The number of nitrogens with two attached hydrogens (primary N) is 1. The summed E-state index contributed by atoms with van der Waals surface area (Å²) in [6.07, 6.45) is 2.28. The maximum Gasteiger partial charge on any atom is 0.320 e. The number of nitrogens with zero attached hydrogens (tertiary/aromatic N) is 2. The van der Waals surface area contributed by atoms with E-state index in [-0.39, 0.29) is 12.4 Å². The van der Waals surface area contributed by atoms with E-state index in [1.54, 1.807) is 6.20 Å². The van der Waals surface area contributed by atoms with Crippen LogP contribution < -0.4 is 15.2 Å². The molecule has 0 amide bonds. The highest BCUT2D eigenvalue weighted by atomic mass is 16.5. The van der Waals surface area contributed by atoms with Crippen LogP contribution in [0.25, 0.3) is 11.1 Å². The van der Waals surface area contributed by atoms with E-state index < -0.39 is 12.0 Å². The first-order valence-corrected chi connectivity index (χ1v) is 10.2. The van der Waals surface area contributed by atoms with Crippen molar-refractivity contribution in [1.29, 1.82) is 0 Å². The SMILES string of the molecule is CCOc1nc(OCc2cccc(-c3ccccc3)c2C)ncc1CC[C@@H](N)C(=O)O. The molecule has 0 unspecified atom stereocenters. The minimum Gasteiger partial charge on any atom is -0.480 e. The molecule has 0 saturated heterocycles. The summed E-state index contributed by atoms with van der Waals surface area (Å²) in [6.45, 7) is 4.67. The van der Waals surface area contributed by atoms with Crippen LogP contribution >= 0.6 is 0 Å². The van der Waals surface area contributed by atoms with Crippen LogP contribution in [0.4, 0.5) is 0 Å². The Labute approximate surface area is 181 Å². The van der Waals surface area contributed by atoms with Crippen LogP contribution in [0.3, 0.4) is 0 Å². The van der Waals surface area contributed by atoms with Gasteiger partial charge in [-0.2, -0.15) is 4.98 Å². The van der Waals surface area contributed by atoms with Gasteiger partial charge in [-0.3, -0.25) is 4.79 Å². The van der Waals surface area contributed by atoms with Crippen molar-refractivity contribution >= 4 is 5.97 Å². The maximum atomic E-state index is 10.9. The zero-order valence-electron chi connectivity index (χ0n) is 17.7. The number of aromatic nitrogens is 2. The number of carboxylic acids is 1. The Morgan fingerprint density at radius 2 is 1.87 bits per heavy atom. The molecule has 0 aliphatic heterocycles. The van der Waals surface area contributed by atoms with Gasteiger partial charge in [0.1, 0.15) is 12.6 Å². The van der Waals surface area contributed by atoms with Gasteiger partial charge in [-0.25, -0.2) is 4.98 Å². The first kappa shape index (κ1) is 22.2. The van der Waals surface area contributed by atoms with E-state index in [4.69, 9.17) is 20.3 Å². The van der Waals surface area contributed by atoms with Gasteiger partial charge in [0.2, 0.25) is 5.88 Å². The molecule has 162 valence electrons. The first-order valence-electron chi connectivity index (χ1n) is 10.2. The van der Waals surface area contributed by atoms with Gasteiger partial charge in [-0.05, 0) is 48.9 Å². The van der Waals surface area contributed by atoms with E-state index in [1.165, 1.54) is 0 Å². The van der Waals surface area contributed by atoms with E-state index in [2.05, 4.69) is 35.1 Å². The molecule has 0 radical (unpaired) electrons. The maximum absolute atomic E-state index is 10.9. The predicted octanol–water partition coefficient (Wildman–Crippen LogP) is 3.77. The van der Waals surface area contributed by atoms with Crippen LogP contribution in [0.2, 0.25) is 0 Å². The van der Waals surface area contributed by atoms with Gasteiger partial charge in [0.15, 0.2) is 0 Å². The number of rotatable bonds is 10. The van der Waals surface area contributed by atoms with Crippen LogP contribution in [0, 0.1) is 6.92 Å². The zero-order chi connectivity index (χ0) is 22.2. The number of ether oxygens (including phenoxy) is 2. The molecule has 0 spiro atoms. The largest absolute Gasteiger partial charge is 0.480 e. The molecular formula is C24H27N3O4. The van der Waals surface area contributed by atoms with E-state index in [0.29, 0.717) is 31.1 Å². The van der Waals surface area contributed by atoms with Crippen molar-refractivity contribution in [2.45, 2.75) is 39.3 Å². The van der Waals surface area contributed by atoms with Crippen LogP contribution in [0.15, 0.2) is 54.7 Å². The normalized spacial score (nSPS) is 11.7. The van der Waals surface area contributed by atoms with Crippen molar-refractivity contribution in [1.82, 2.24) is 9.97 Å². The third-order valence-corrected chi connectivity index (χ3v) is 5.01. The van der Waals surface area contributed by atoms with Crippen molar-refractivity contribution < 1.29 is 19.4 Å². The number of carbonyl (C=O) groups is 1. The summed E-state index contributed by atoms with van der Waals surface area (Å²) >= 11 is 0. The number of benzene rings is 2. The predicted molar refractivity (Wildman–Crippen MR) is 118 cm³/mol. The fourth-order valence-corrected chi connectivity index (χ4v) is 3.23. The second kappa shape index (κ2) is 10.5. The number of aryl methyl sites for hydroxylation is 1. The average molecular weight is 421 g/mol. The molecule has 1 atom stereocenters. The van der Waals surface area contributed by atoms with Crippen molar-refractivity contribution in [3.8, 4) is 23.0 Å². The molecule has 7 nitrogen and oxygen atoms in total.